The number of rotatable bonds is 0. The van der Waals surface area contributed by atoms with Crippen LogP contribution >= 0.6 is 0 Å². The smallest absolute Gasteiger partial charge is 0.870 e. The summed E-state index contributed by atoms with van der Waals surface area (Å²) in [5.41, 5.74) is 12.5. The van der Waals surface area contributed by atoms with Gasteiger partial charge in [-0.2, -0.15) is 0 Å². The van der Waals surface area contributed by atoms with Gasteiger partial charge in [0.1, 0.15) is 0 Å². The van der Waals surface area contributed by atoms with E-state index in [1.165, 1.54) is 0 Å². The first-order valence-electron chi connectivity index (χ1n) is 1.50. The van der Waals surface area contributed by atoms with E-state index < -0.39 is 12.1 Å². The minimum Gasteiger partial charge on any atom is -0.870 e. The van der Waals surface area contributed by atoms with E-state index in [2.05, 4.69) is 17.2 Å². The molecular weight excluding hydrogens is 153 g/mol. The van der Waals surface area contributed by atoms with Crippen LogP contribution in [0.15, 0.2) is 0 Å². The van der Waals surface area contributed by atoms with E-state index in [0.717, 1.165) is 0 Å². The molecule has 0 heterocycles. The molecule has 0 spiro atoms. The zero-order chi connectivity index (χ0) is 7.15. The first-order chi connectivity index (χ1) is 3.46. The molecule has 0 aliphatic heterocycles. The monoisotopic (exact) mass is 161 g/mol. The number of nitrogens with two attached hydrogens (primary N) is 3. The molecule has 0 radical (unpaired) electrons. The standard InChI is InChI=1S/CH4N2O.CH3NO2.Na.H2O/c2*2-1(3)4;;/h(H4,2,3,4);2H2,(H,3,4);;1H2/q;;+1;/p-1. The van der Waals surface area contributed by atoms with E-state index in [0.29, 0.717) is 0 Å². The Morgan fingerprint density at radius 3 is 1.10 bits per heavy atom. The number of urea groups is 1. The second-order valence-corrected chi connectivity index (χ2v) is 0.741. The van der Waals surface area contributed by atoms with E-state index >= 15 is 0 Å². The zero-order valence-corrected chi connectivity index (χ0v) is 7.44. The maximum atomic E-state index is 9.00. The van der Waals surface area contributed by atoms with Crippen LogP contribution in [0.25, 0.3) is 0 Å². The summed E-state index contributed by atoms with van der Waals surface area (Å²) in [5.74, 6) is 0. The Morgan fingerprint density at radius 1 is 1.10 bits per heavy atom. The zero-order valence-electron chi connectivity index (χ0n) is 5.44. The van der Waals surface area contributed by atoms with Gasteiger partial charge in [-0.15, -0.1) is 0 Å². The van der Waals surface area contributed by atoms with Gasteiger partial charge in [0.25, 0.3) is 0 Å². The summed E-state index contributed by atoms with van der Waals surface area (Å²) in [6.45, 7) is 0. The number of carboxylic acid groups (broad SMARTS) is 1. The Hall–Kier alpha value is -0.500. The molecule has 3 amide bonds. The normalized spacial score (nSPS) is 4.80. The molecule has 0 aromatic rings. The molecule has 0 bridgehead atoms. The van der Waals surface area contributed by atoms with Crippen molar-refractivity contribution in [3.8, 4) is 0 Å². The first-order valence-corrected chi connectivity index (χ1v) is 1.50. The van der Waals surface area contributed by atoms with Crippen LogP contribution < -0.4 is 46.8 Å². The Balaban J connectivity index is -0.0000000300. The molecule has 7 nitrogen and oxygen atoms in total. The molecule has 0 atom stereocenters. The van der Waals surface area contributed by atoms with E-state index in [-0.39, 0.29) is 35.0 Å². The van der Waals surface area contributed by atoms with Gasteiger partial charge in [0.05, 0.1) is 0 Å². The predicted octanol–water partition coefficient (Wildman–Crippen LogP) is -4.53. The number of carbonyl (C=O) groups excluding carboxylic acids is 1. The fraction of sp³-hybridized carbons (Fsp3) is 0. The summed E-state index contributed by atoms with van der Waals surface area (Å²) in [5, 5.41) is 7.19. The minimum absolute atomic E-state index is 0. The summed E-state index contributed by atoms with van der Waals surface area (Å²) in [4.78, 5) is 17.8. The Bertz CT molecular complexity index is 76.5. The Kier molecular flexibility index (Phi) is 35.9. The molecule has 56 valence electrons. The van der Waals surface area contributed by atoms with E-state index in [4.69, 9.17) is 14.7 Å². The van der Waals surface area contributed by atoms with Crippen molar-refractivity contribution in [1.82, 2.24) is 0 Å². The summed E-state index contributed by atoms with van der Waals surface area (Å²) < 4.78 is 0. The number of amides is 3. The first kappa shape index (κ1) is 22.7. The fourth-order valence-corrected chi connectivity index (χ4v) is 0. The Morgan fingerprint density at radius 2 is 1.10 bits per heavy atom. The summed E-state index contributed by atoms with van der Waals surface area (Å²) in [6, 6.07) is -0.833. The largest absolute Gasteiger partial charge is 1.00 e. The fourth-order valence-electron chi connectivity index (χ4n) is 0. The number of carbonyl (C=O) groups is 2. The van der Waals surface area contributed by atoms with Crippen LogP contribution in [0, 0.1) is 0 Å². The quantitative estimate of drug-likeness (QED) is 0.263. The van der Waals surface area contributed by atoms with Crippen molar-refractivity contribution in [2.75, 3.05) is 0 Å². The van der Waals surface area contributed by atoms with Crippen molar-refractivity contribution >= 4 is 12.1 Å². The van der Waals surface area contributed by atoms with Gasteiger partial charge in [0.2, 0.25) is 0 Å². The van der Waals surface area contributed by atoms with Crippen molar-refractivity contribution in [3.05, 3.63) is 0 Å². The third-order valence-corrected chi connectivity index (χ3v) is 0. The van der Waals surface area contributed by atoms with Gasteiger partial charge in [-0.3, -0.25) is 0 Å². The molecule has 0 saturated carbocycles. The van der Waals surface area contributed by atoms with Crippen molar-refractivity contribution in [2.45, 2.75) is 0 Å². The molecule has 8 N–H and O–H groups in total. The number of hydrogen-bond acceptors (Lipinski definition) is 3. The molecule has 10 heavy (non-hydrogen) atoms. The van der Waals surface area contributed by atoms with Crippen LogP contribution in [0.3, 0.4) is 0 Å². The van der Waals surface area contributed by atoms with Crippen molar-refractivity contribution in [1.29, 1.82) is 0 Å². The van der Waals surface area contributed by atoms with Crippen LogP contribution in [0.5, 0.6) is 0 Å². The summed E-state index contributed by atoms with van der Waals surface area (Å²) >= 11 is 0. The van der Waals surface area contributed by atoms with Gasteiger partial charge in [0.15, 0.2) is 0 Å². The minimum atomic E-state index is -1.33. The molecule has 0 aliphatic carbocycles. The molecular formula is C2H8N3NaO4. The van der Waals surface area contributed by atoms with Crippen LogP contribution in [-0.2, 0) is 0 Å². The van der Waals surface area contributed by atoms with Gasteiger partial charge in [0, 0.05) is 0 Å². The van der Waals surface area contributed by atoms with E-state index in [1.54, 1.807) is 0 Å². The predicted molar refractivity (Wildman–Crippen MR) is 27.9 cm³/mol. The molecule has 0 saturated heterocycles. The van der Waals surface area contributed by atoms with E-state index in [1.807, 2.05) is 0 Å². The van der Waals surface area contributed by atoms with Crippen LogP contribution in [0.2, 0.25) is 0 Å². The Labute approximate surface area is 79.1 Å². The number of hydrogen-bond donors (Lipinski definition) is 4. The van der Waals surface area contributed by atoms with Crippen LogP contribution in [0.4, 0.5) is 9.59 Å². The molecule has 8 heteroatoms. The molecule has 0 rings (SSSR count). The van der Waals surface area contributed by atoms with Gasteiger partial charge in [-0.05, 0) is 0 Å². The molecule has 0 unspecified atom stereocenters. The maximum absolute atomic E-state index is 9.00. The van der Waals surface area contributed by atoms with Crippen LogP contribution in [-0.4, -0.2) is 22.7 Å². The van der Waals surface area contributed by atoms with E-state index in [9.17, 15) is 0 Å². The second kappa shape index (κ2) is 15.8. The summed E-state index contributed by atoms with van der Waals surface area (Å²) in [6.07, 6.45) is -1.33. The van der Waals surface area contributed by atoms with Crippen molar-refractivity contribution < 1.29 is 49.7 Å². The molecule has 0 aromatic heterocycles. The molecule has 0 fully saturated rings. The average Bonchev–Trinajstić information content (AvgIpc) is 1.25. The topological polar surface area (TPSA) is 162 Å². The second-order valence-electron chi connectivity index (χ2n) is 0.741. The third kappa shape index (κ3) is 1270. The van der Waals surface area contributed by atoms with Gasteiger partial charge < -0.3 is 27.8 Å². The average molecular weight is 161 g/mol. The molecule has 0 aliphatic rings. The third-order valence-electron chi connectivity index (χ3n) is 0. The van der Waals surface area contributed by atoms with Gasteiger partial charge >= 0.3 is 41.7 Å². The maximum Gasteiger partial charge on any atom is 1.00 e. The van der Waals surface area contributed by atoms with Crippen molar-refractivity contribution in [3.63, 3.8) is 0 Å². The summed E-state index contributed by atoms with van der Waals surface area (Å²) in [7, 11) is 0. The van der Waals surface area contributed by atoms with Gasteiger partial charge in [-0.1, -0.05) is 0 Å². The number of primary amides is 3. The van der Waals surface area contributed by atoms with Crippen molar-refractivity contribution in [2.24, 2.45) is 17.2 Å². The van der Waals surface area contributed by atoms with Crippen LogP contribution in [0.1, 0.15) is 0 Å². The SMILES string of the molecule is NC(=O)O.NC(N)=O.[Na+].[OH-]. The van der Waals surface area contributed by atoms with Gasteiger partial charge in [-0.25, -0.2) is 9.59 Å². The molecule has 0 aromatic carbocycles.